The summed E-state index contributed by atoms with van der Waals surface area (Å²) in [7, 11) is 0. The SMILES string of the molecule is CC[C@@H](C(=O)N[C@@H](CC(=O)OC(C)(C)C)C(=O)COc1c(F)c(F)cc(F)c1F)c1ccnn(Cc2ccccc2C(C)(C)C)c1=O.CC[C@H](C(=O)N[C@@H](CC(=O)OC(C)(C)C)C(=O)COc1c(F)c(F)cc(F)c1F)c1ccnn(Cc2ccccc2C(C)(C)C)c1=O. The normalized spacial score (nSPS) is 13.1. The van der Waals surface area contributed by atoms with Gasteiger partial charge in [-0.25, -0.2) is 26.9 Å². The Kier molecular flexibility index (Phi) is 25.5. The minimum Gasteiger partial charge on any atom is -0.479 e. The Morgan fingerprint density at radius 2 is 0.787 bits per heavy atom. The monoisotopic (exact) mass is 1320 g/mol. The third kappa shape index (κ3) is 20.4. The molecule has 0 unspecified atom stereocenters. The molecule has 2 heterocycles. The van der Waals surface area contributed by atoms with Crippen LogP contribution in [0.1, 0.15) is 168 Å². The molecule has 0 saturated carbocycles. The van der Waals surface area contributed by atoms with Crippen LogP contribution in [0.2, 0.25) is 0 Å². The molecule has 6 rings (SSSR count). The van der Waals surface area contributed by atoms with Crippen LogP contribution in [0.15, 0.2) is 94.8 Å². The predicted octanol–water partition coefficient (Wildman–Crippen LogP) is 11.0. The number of rotatable bonds is 24. The second kappa shape index (κ2) is 31.7. The molecule has 508 valence electrons. The van der Waals surface area contributed by atoms with E-state index in [1.807, 2.05) is 90.1 Å². The van der Waals surface area contributed by atoms with Gasteiger partial charge in [-0.3, -0.25) is 38.4 Å². The summed E-state index contributed by atoms with van der Waals surface area (Å²) in [5.41, 5.74) is 0.438. The first-order valence-electron chi connectivity index (χ1n) is 30.0. The van der Waals surface area contributed by atoms with E-state index in [0.29, 0.717) is 0 Å². The van der Waals surface area contributed by atoms with Gasteiger partial charge in [0.05, 0.1) is 37.8 Å². The summed E-state index contributed by atoms with van der Waals surface area (Å²) in [5.74, 6) is -25.2. The van der Waals surface area contributed by atoms with Gasteiger partial charge in [-0.2, -0.15) is 27.8 Å². The van der Waals surface area contributed by atoms with Crippen LogP contribution in [0.5, 0.6) is 11.5 Å². The summed E-state index contributed by atoms with van der Waals surface area (Å²) in [6, 6.07) is 14.6. The summed E-state index contributed by atoms with van der Waals surface area (Å²) in [6.07, 6.45) is 1.54. The van der Waals surface area contributed by atoms with Crippen molar-refractivity contribution in [1.29, 1.82) is 0 Å². The number of hydrogen-bond acceptors (Lipinski definition) is 14. The number of nitrogens with zero attached hydrogens (tertiary/aromatic N) is 4. The minimum absolute atomic E-state index is 0.0216. The summed E-state index contributed by atoms with van der Waals surface area (Å²) in [4.78, 5) is 106. The number of ketones is 2. The Morgan fingerprint density at radius 3 is 1.07 bits per heavy atom. The summed E-state index contributed by atoms with van der Waals surface area (Å²) in [6.45, 7) is 22.9. The molecular weight excluding hydrogens is 1240 g/mol. The number of nitrogens with one attached hydrogen (secondary N) is 2. The summed E-state index contributed by atoms with van der Waals surface area (Å²) in [5, 5.41) is 13.2. The van der Waals surface area contributed by atoms with Gasteiger partial charge in [-0.1, -0.05) is 104 Å². The van der Waals surface area contributed by atoms with E-state index in [1.165, 1.54) is 33.9 Å². The Morgan fingerprint density at radius 1 is 0.479 bits per heavy atom. The van der Waals surface area contributed by atoms with E-state index in [0.717, 1.165) is 22.3 Å². The molecule has 26 heteroatoms. The molecule has 0 spiro atoms. The van der Waals surface area contributed by atoms with E-state index in [1.54, 1.807) is 55.4 Å². The Hall–Kier alpha value is -9.10. The minimum atomic E-state index is -1.87. The van der Waals surface area contributed by atoms with Gasteiger partial charge in [0, 0.05) is 35.7 Å². The number of benzene rings is 4. The van der Waals surface area contributed by atoms with Gasteiger partial charge < -0.3 is 29.6 Å². The van der Waals surface area contributed by atoms with E-state index < -0.39 is 166 Å². The fraction of sp³-hybridized carbons (Fsp3) is 0.441. The molecule has 0 radical (unpaired) electrons. The van der Waals surface area contributed by atoms with Crippen LogP contribution in [0.25, 0.3) is 0 Å². The third-order valence-electron chi connectivity index (χ3n) is 14.2. The molecule has 18 nitrogen and oxygen atoms in total. The molecule has 0 aliphatic rings. The highest BCUT2D eigenvalue weighted by Crippen LogP contribution is 2.31. The highest BCUT2D eigenvalue weighted by Gasteiger charge is 2.35. The topological polar surface area (TPSA) is 233 Å². The van der Waals surface area contributed by atoms with E-state index in [4.69, 9.17) is 18.9 Å². The number of aromatic nitrogens is 4. The van der Waals surface area contributed by atoms with Crippen LogP contribution in [-0.2, 0) is 62.2 Å². The number of Topliss-reactive ketones (excluding diaryl/α,β-unsaturated/α-hetero) is 2. The Balaban J connectivity index is 0.000000341. The predicted molar refractivity (Wildman–Crippen MR) is 330 cm³/mol. The van der Waals surface area contributed by atoms with E-state index in [-0.39, 0.29) is 60.0 Å². The number of esters is 2. The van der Waals surface area contributed by atoms with Crippen molar-refractivity contribution in [2.45, 2.75) is 182 Å². The van der Waals surface area contributed by atoms with Crippen molar-refractivity contribution in [3.63, 3.8) is 0 Å². The zero-order valence-corrected chi connectivity index (χ0v) is 54.8. The first-order valence-corrected chi connectivity index (χ1v) is 30.0. The first-order chi connectivity index (χ1) is 43.7. The fourth-order valence-electron chi connectivity index (χ4n) is 9.86. The third-order valence-corrected chi connectivity index (χ3v) is 14.2. The molecule has 0 fully saturated rings. The highest BCUT2D eigenvalue weighted by molar-refractivity contribution is 5.95. The van der Waals surface area contributed by atoms with Crippen molar-refractivity contribution in [2.75, 3.05) is 13.2 Å². The van der Waals surface area contributed by atoms with Gasteiger partial charge in [-0.05, 0) is 99.6 Å². The Bertz CT molecular complexity index is 3590. The van der Waals surface area contributed by atoms with Crippen LogP contribution < -0.4 is 31.2 Å². The van der Waals surface area contributed by atoms with Gasteiger partial charge in [0.15, 0.2) is 46.3 Å². The lowest BCUT2D eigenvalue weighted by atomic mass is 9.84. The van der Waals surface area contributed by atoms with Crippen molar-refractivity contribution in [3.8, 4) is 11.5 Å². The summed E-state index contributed by atoms with van der Waals surface area (Å²) < 4.78 is 134. The molecule has 2 amide bonds. The largest absolute Gasteiger partial charge is 0.479 e. The average Bonchev–Trinajstić information content (AvgIpc) is 0.826. The standard InChI is InChI=1S/2C34H39F4N3O6/c2*1-8-20(21-13-14-39-41(32(21)45)17-19-11-9-10-12-22(19)33(2,3)4)31(44)40-25(16-27(43)47-34(5,6)7)26(42)18-46-30-28(37)23(35)15-24(36)29(30)38/h2*9-15,20,25H,8,16-18H2,1-7H3,(H,40,44)/t20-,25+;20-,25-/m10/s1. The van der Waals surface area contributed by atoms with Crippen LogP contribution >= 0.6 is 0 Å². The molecule has 0 bridgehead atoms. The number of carbonyl (C=O) groups is 6. The Labute approximate surface area is 538 Å². The van der Waals surface area contributed by atoms with Crippen molar-refractivity contribution < 1.29 is 82.8 Å². The van der Waals surface area contributed by atoms with Crippen LogP contribution in [-0.4, -0.2) is 91.4 Å². The highest BCUT2D eigenvalue weighted by atomic mass is 19.2. The first kappa shape index (κ1) is 75.6. The van der Waals surface area contributed by atoms with Gasteiger partial charge in [0.1, 0.15) is 36.5 Å². The van der Waals surface area contributed by atoms with Crippen molar-refractivity contribution in [2.24, 2.45) is 0 Å². The maximum absolute atomic E-state index is 14.1. The molecule has 2 N–H and O–H groups in total. The van der Waals surface area contributed by atoms with Crippen LogP contribution in [0.4, 0.5) is 35.1 Å². The van der Waals surface area contributed by atoms with Gasteiger partial charge >= 0.3 is 11.9 Å². The number of hydrogen-bond donors (Lipinski definition) is 2. The molecule has 0 aliphatic heterocycles. The lowest BCUT2D eigenvalue weighted by Gasteiger charge is -2.24. The van der Waals surface area contributed by atoms with Crippen LogP contribution in [0, 0.1) is 46.5 Å². The van der Waals surface area contributed by atoms with E-state index in [9.17, 15) is 73.5 Å². The molecule has 4 atom stereocenters. The number of amides is 2. The van der Waals surface area contributed by atoms with Crippen LogP contribution in [0.3, 0.4) is 0 Å². The zero-order valence-electron chi connectivity index (χ0n) is 54.8. The maximum Gasteiger partial charge on any atom is 0.308 e. The van der Waals surface area contributed by atoms with E-state index in [2.05, 4.69) is 20.8 Å². The number of ether oxygens (including phenoxy) is 4. The molecular formula is C68H78F8N6O12. The maximum atomic E-state index is 14.1. The number of halogens is 8. The zero-order chi connectivity index (χ0) is 70.5. The molecule has 0 saturated heterocycles. The number of carbonyl (C=O) groups excluding carboxylic acids is 6. The smallest absolute Gasteiger partial charge is 0.308 e. The van der Waals surface area contributed by atoms with Gasteiger partial charge in [0.2, 0.25) is 35.1 Å². The fourth-order valence-corrected chi connectivity index (χ4v) is 9.86. The molecule has 0 aliphatic carbocycles. The van der Waals surface area contributed by atoms with Crippen molar-refractivity contribution >= 4 is 35.3 Å². The summed E-state index contributed by atoms with van der Waals surface area (Å²) >= 11 is 0. The molecule has 4 aromatic carbocycles. The lowest BCUT2D eigenvalue weighted by molar-refractivity contribution is -0.157. The molecule has 2 aromatic heterocycles. The molecule has 6 aromatic rings. The lowest BCUT2D eigenvalue weighted by Crippen LogP contribution is -2.47. The van der Waals surface area contributed by atoms with E-state index >= 15 is 0 Å². The van der Waals surface area contributed by atoms with Crippen molar-refractivity contribution in [3.05, 3.63) is 186 Å². The van der Waals surface area contributed by atoms with Crippen molar-refractivity contribution in [1.82, 2.24) is 30.2 Å². The van der Waals surface area contributed by atoms with Gasteiger partial charge in [0.25, 0.3) is 11.1 Å². The second-order valence-electron chi connectivity index (χ2n) is 26.0. The molecule has 94 heavy (non-hydrogen) atoms. The quantitative estimate of drug-likeness (QED) is 0.0326. The second-order valence-corrected chi connectivity index (χ2v) is 26.0. The van der Waals surface area contributed by atoms with Gasteiger partial charge in [-0.15, -0.1) is 0 Å². The average molecular weight is 1320 g/mol.